The number of non-ortho nitro benzene ring substituents is 1. The molecule has 0 spiro atoms. The Kier molecular flexibility index (Phi) is 6.18. The molecular weight excluding hydrogens is 494 g/mol. The number of thiazole rings is 1. The van der Waals surface area contributed by atoms with Crippen molar-refractivity contribution in [3.63, 3.8) is 0 Å². The Hall–Kier alpha value is -4.57. The third-order valence-electron chi connectivity index (χ3n) is 6.24. The highest BCUT2D eigenvalue weighted by Gasteiger charge is 2.26. The molecular formula is C27H21N3O6S. The van der Waals surface area contributed by atoms with Gasteiger partial charge in [-0.2, -0.15) is 0 Å². The predicted molar refractivity (Wildman–Crippen MR) is 144 cm³/mol. The third kappa shape index (κ3) is 4.21. The van der Waals surface area contributed by atoms with E-state index in [2.05, 4.69) is 9.88 Å². The van der Waals surface area contributed by atoms with Crippen molar-refractivity contribution in [3.8, 4) is 21.7 Å². The quantitative estimate of drug-likeness (QED) is 0.154. The predicted octanol–water partition coefficient (Wildman–Crippen LogP) is 6.19. The summed E-state index contributed by atoms with van der Waals surface area (Å²) in [7, 11) is 0. The minimum atomic E-state index is -1.28. The first-order valence-electron chi connectivity index (χ1n) is 11.6. The summed E-state index contributed by atoms with van der Waals surface area (Å²) >= 11 is 1.26. The van der Waals surface area contributed by atoms with Crippen LogP contribution in [0.25, 0.3) is 42.9 Å². The van der Waals surface area contributed by atoms with Crippen LogP contribution in [0.15, 0.2) is 69.9 Å². The van der Waals surface area contributed by atoms with E-state index >= 15 is 0 Å². The van der Waals surface area contributed by atoms with Crippen LogP contribution in [0.3, 0.4) is 0 Å². The van der Waals surface area contributed by atoms with Gasteiger partial charge in [-0.1, -0.05) is 12.1 Å². The fourth-order valence-electron chi connectivity index (χ4n) is 4.47. The SMILES string of the molecule is CCN(CC)c1ccc2c(-c3cc([N+](=O)[O-])ccc3C(=O)O)c(-c3nc4ccccc4s3)c(=O)oc2c1. The van der Waals surface area contributed by atoms with Gasteiger partial charge in [0.1, 0.15) is 16.2 Å². The highest BCUT2D eigenvalue weighted by atomic mass is 32.1. The van der Waals surface area contributed by atoms with Gasteiger partial charge >= 0.3 is 11.6 Å². The zero-order chi connectivity index (χ0) is 26.3. The number of aromatic carboxylic acids is 1. The molecule has 0 fully saturated rings. The van der Waals surface area contributed by atoms with E-state index in [1.165, 1.54) is 23.5 Å². The molecule has 186 valence electrons. The molecule has 0 aliphatic rings. The van der Waals surface area contributed by atoms with E-state index in [1.807, 2.05) is 44.2 Å². The minimum absolute atomic E-state index is 0.0458. The average Bonchev–Trinajstić information content (AvgIpc) is 3.31. The van der Waals surface area contributed by atoms with Crippen LogP contribution in [0.4, 0.5) is 11.4 Å². The smallest absolute Gasteiger partial charge is 0.347 e. The first-order chi connectivity index (χ1) is 17.8. The van der Waals surface area contributed by atoms with Crippen molar-refractivity contribution < 1.29 is 19.2 Å². The number of benzene rings is 3. The van der Waals surface area contributed by atoms with E-state index < -0.39 is 16.5 Å². The molecule has 5 aromatic rings. The number of aromatic nitrogens is 1. The van der Waals surface area contributed by atoms with Gasteiger partial charge < -0.3 is 14.4 Å². The molecule has 5 rings (SSSR count). The first-order valence-corrected chi connectivity index (χ1v) is 12.4. The standard InChI is InChI=1S/C27H21N3O6S/c1-3-29(4-2)15-9-12-18-21(14-15)36-27(33)24(25-28-20-7-5-6-8-22(20)37-25)23(18)19-13-16(30(34)35)10-11-17(19)26(31)32/h5-14H,3-4H2,1-2H3,(H,31,32). The topological polar surface area (TPSA) is 127 Å². The fourth-order valence-corrected chi connectivity index (χ4v) is 5.47. The largest absolute Gasteiger partial charge is 0.478 e. The number of rotatable bonds is 7. The Labute approximate surface area is 214 Å². The van der Waals surface area contributed by atoms with Gasteiger partial charge in [-0.15, -0.1) is 11.3 Å². The minimum Gasteiger partial charge on any atom is -0.478 e. The van der Waals surface area contributed by atoms with Gasteiger partial charge in [0.15, 0.2) is 0 Å². The summed E-state index contributed by atoms with van der Waals surface area (Å²) < 4.78 is 6.60. The van der Waals surface area contributed by atoms with Gasteiger partial charge in [0.25, 0.3) is 5.69 Å². The lowest BCUT2D eigenvalue weighted by atomic mass is 9.92. The number of para-hydroxylation sites is 1. The second-order valence-corrected chi connectivity index (χ2v) is 9.30. The highest BCUT2D eigenvalue weighted by Crippen LogP contribution is 2.42. The summed E-state index contributed by atoms with van der Waals surface area (Å²) in [5.74, 6) is -1.28. The van der Waals surface area contributed by atoms with E-state index in [-0.39, 0.29) is 33.5 Å². The normalized spacial score (nSPS) is 11.2. The molecule has 0 aliphatic heterocycles. The molecule has 1 N–H and O–H groups in total. The summed E-state index contributed by atoms with van der Waals surface area (Å²) in [5, 5.41) is 22.4. The maximum atomic E-state index is 13.5. The lowest BCUT2D eigenvalue weighted by Crippen LogP contribution is -2.21. The number of nitrogens with zero attached hydrogens (tertiary/aromatic N) is 3. The highest BCUT2D eigenvalue weighted by molar-refractivity contribution is 7.21. The molecule has 0 amide bonds. The van der Waals surface area contributed by atoms with Crippen molar-refractivity contribution in [2.45, 2.75) is 13.8 Å². The zero-order valence-corrected chi connectivity index (χ0v) is 20.7. The Morgan fingerprint density at radius 3 is 2.51 bits per heavy atom. The van der Waals surface area contributed by atoms with Crippen molar-refractivity contribution in [3.05, 3.63) is 86.8 Å². The number of nitro groups is 1. The van der Waals surface area contributed by atoms with Crippen molar-refractivity contribution >= 4 is 49.9 Å². The van der Waals surface area contributed by atoms with E-state index in [0.717, 1.165) is 29.5 Å². The van der Waals surface area contributed by atoms with Crippen LogP contribution in [0.5, 0.6) is 0 Å². The van der Waals surface area contributed by atoms with Crippen LogP contribution < -0.4 is 10.5 Å². The lowest BCUT2D eigenvalue weighted by molar-refractivity contribution is -0.384. The number of hydrogen-bond acceptors (Lipinski definition) is 8. The van der Waals surface area contributed by atoms with Crippen molar-refractivity contribution in [2.24, 2.45) is 0 Å². The number of carboxylic acids is 1. The molecule has 2 aromatic heterocycles. The lowest BCUT2D eigenvalue weighted by Gasteiger charge is -2.21. The zero-order valence-electron chi connectivity index (χ0n) is 19.9. The Balaban J connectivity index is 1.92. The van der Waals surface area contributed by atoms with Crippen LogP contribution >= 0.6 is 11.3 Å². The maximum Gasteiger partial charge on any atom is 0.347 e. The summed E-state index contributed by atoms with van der Waals surface area (Å²) in [5.41, 5.74) is 0.913. The molecule has 37 heavy (non-hydrogen) atoms. The van der Waals surface area contributed by atoms with Gasteiger partial charge in [-0.05, 0) is 44.2 Å². The molecule has 0 saturated carbocycles. The molecule has 0 bridgehead atoms. The second-order valence-electron chi connectivity index (χ2n) is 8.27. The van der Waals surface area contributed by atoms with Gasteiger partial charge in [0.05, 0.1) is 20.7 Å². The Morgan fingerprint density at radius 2 is 1.84 bits per heavy atom. The van der Waals surface area contributed by atoms with E-state index in [4.69, 9.17) is 4.42 Å². The Morgan fingerprint density at radius 1 is 1.08 bits per heavy atom. The number of hydrogen-bond donors (Lipinski definition) is 1. The molecule has 0 atom stereocenters. The number of nitro benzene ring substituents is 1. The van der Waals surface area contributed by atoms with Crippen LogP contribution in [0.1, 0.15) is 24.2 Å². The van der Waals surface area contributed by atoms with E-state index in [1.54, 1.807) is 12.1 Å². The summed E-state index contributed by atoms with van der Waals surface area (Å²) in [6.07, 6.45) is 0. The van der Waals surface area contributed by atoms with Crippen molar-refractivity contribution in [2.75, 3.05) is 18.0 Å². The molecule has 0 radical (unpaired) electrons. The second kappa shape index (κ2) is 9.47. The van der Waals surface area contributed by atoms with Crippen LogP contribution in [-0.2, 0) is 0 Å². The van der Waals surface area contributed by atoms with Gasteiger partial charge in [-0.25, -0.2) is 14.6 Å². The molecule has 3 aromatic carbocycles. The van der Waals surface area contributed by atoms with Crippen LogP contribution in [0.2, 0.25) is 0 Å². The molecule has 0 saturated heterocycles. The number of fused-ring (bicyclic) bond motifs is 2. The molecule has 2 heterocycles. The number of carbonyl (C=O) groups is 1. The first kappa shape index (κ1) is 24.1. The van der Waals surface area contributed by atoms with E-state index in [9.17, 15) is 24.8 Å². The molecule has 0 aliphatic carbocycles. The monoisotopic (exact) mass is 515 g/mol. The fraction of sp³-hybridized carbons (Fsp3) is 0.148. The van der Waals surface area contributed by atoms with Crippen molar-refractivity contribution in [1.82, 2.24) is 4.98 Å². The van der Waals surface area contributed by atoms with Gasteiger partial charge in [-0.3, -0.25) is 10.1 Å². The Bertz CT molecular complexity index is 1720. The summed E-state index contributed by atoms with van der Waals surface area (Å²) in [6, 6.07) is 16.2. The molecule has 0 unspecified atom stereocenters. The van der Waals surface area contributed by atoms with Crippen molar-refractivity contribution in [1.29, 1.82) is 0 Å². The summed E-state index contributed by atoms with van der Waals surface area (Å²) in [6.45, 7) is 5.48. The molecule has 9 nitrogen and oxygen atoms in total. The number of carboxylic acid groups (broad SMARTS) is 1. The van der Waals surface area contributed by atoms with Gasteiger partial charge in [0, 0.05) is 53.5 Å². The van der Waals surface area contributed by atoms with Crippen LogP contribution in [0, 0.1) is 10.1 Å². The molecule has 10 heteroatoms. The maximum absolute atomic E-state index is 13.5. The number of anilines is 1. The average molecular weight is 516 g/mol. The summed E-state index contributed by atoms with van der Waals surface area (Å²) in [4.78, 5) is 43.5. The van der Waals surface area contributed by atoms with Gasteiger partial charge in [0.2, 0.25) is 0 Å². The third-order valence-corrected chi connectivity index (χ3v) is 7.30. The van der Waals surface area contributed by atoms with E-state index in [0.29, 0.717) is 15.9 Å². The van der Waals surface area contributed by atoms with Crippen LogP contribution in [-0.4, -0.2) is 34.1 Å².